The first-order valence-corrected chi connectivity index (χ1v) is 10.8. The molecule has 148 valence electrons. The largest absolute Gasteiger partial charge is 0.371 e. The molecule has 0 bridgehead atoms. The molecule has 1 atom stereocenters. The van der Waals surface area contributed by atoms with Crippen molar-refractivity contribution >= 4 is 11.8 Å². The smallest absolute Gasteiger partial charge is 0.0991 e. The molecule has 1 aliphatic heterocycles. The van der Waals surface area contributed by atoms with E-state index in [1.54, 1.807) is 0 Å². The zero-order chi connectivity index (χ0) is 20.4. The second-order valence-electron chi connectivity index (χ2n) is 8.84. The molecule has 2 nitrogen and oxygen atoms in total. The highest BCUT2D eigenvalue weighted by molar-refractivity contribution is 5.68. The summed E-state index contributed by atoms with van der Waals surface area (Å²) in [4.78, 5) is 2.43. The lowest BCUT2D eigenvalue weighted by Gasteiger charge is -2.29. The van der Waals surface area contributed by atoms with E-state index in [9.17, 15) is 0 Å². The van der Waals surface area contributed by atoms with Crippen LogP contribution >= 0.6 is 0 Å². The average molecular weight is 383 g/mol. The Morgan fingerprint density at radius 3 is 2.59 bits per heavy atom. The van der Waals surface area contributed by atoms with Crippen LogP contribution in [0, 0.1) is 11.3 Å². The summed E-state index contributed by atoms with van der Waals surface area (Å²) in [6, 6.07) is 17.2. The first kappa shape index (κ1) is 19.5. The fourth-order valence-electron chi connectivity index (χ4n) is 4.73. The topological polar surface area (TPSA) is 27.0 Å². The lowest BCUT2D eigenvalue weighted by Crippen LogP contribution is -2.27. The van der Waals surface area contributed by atoms with Gasteiger partial charge in [0.15, 0.2) is 0 Å². The van der Waals surface area contributed by atoms with E-state index in [1.807, 2.05) is 12.1 Å². The highest BCUT2D eigenvalue weighted by Gasteiger charge is 2.36. The lowest BCUT2D eigenvalue weighted by molar-refractivity contribution is 0.419. The van der Waals surface area contributed by atoms with E-state index in [0.717, 1.165) is 36.7 Å². The van der Waals surface area contributed by atoms with Gasteiger partial charge in [-0.05, 0) is 72.6 Å². The number of nitrogens with zero attached hydrogens (tertiary/aromatic N) is 2. The van der Waals surface area contributed by atoms with Crippen molar-refractivity contribution in [3.63, 3.8) is 0 Å². The molecule has 0 aromatic heterocycles. The highest BCUT2D eigenvalue weighted by Crippen LogP contribution is 2.41. The van der Waals surface area contributed by atoms with E-state index in [4.69, 9.17) is 5.26 Å². The van der Waals surface area contributed by atoms with Gasteiger partial charge in [0.1, 0.15) is 0 Å². The van der Waals surface area contributed by atoms with Gasteiger partial charge in [-0.25, -0.2) is 0 Å². The molecule has 2 fully saturated rings. The van der Waals surface area contributed by atoms with Crippen LogP contribution in [0.2, 0.25) is 0 Å². The van der Waals surface area contributed by atoms with Crippen LogP contribution in [0.1, 0.15) is 73.3 Å². The van der Waals surface area contributed by atoms with Gasteiger partial charge in [0.25, 0.3) is 0 Å². The number of allylic oxidation sites excluding steroid dienone is 1. The lowest BCUT2D eigenvalue weighted by atomic mass is 9.77. The summed E-state index contributed by atoms with van der Waals surface area (Å²) in [6.45, 7) is 10.9. The van der Waals surface area contributed by atoms with Crippen molar-refractivity contribution in [3.8, 4) is 6.07 Å². The Kier molecular flexibility index (Phi) is 5.33. The van der Waals surface area contributed by atoms with Gasteiger partial charge in [-0.3, -0.25) is 0 Å². The van der Waals surface area contributed by atoms with E-state index in [1.165, 1.54) is 41.5 Å². The molecule has 29 heavy (non-hydrogen) atoms. The summed E-state index contributed by atoms with van der Waals surface area (Å²) >= 11 is 0. The number of benzene rings is 2. The number of hydrogen-bond donors (Lipinski definition) is 0. The summed E-state index contributed by atoms with van der Waals surface area (Å²) in [5.41, 5.74) is 7.31. The molecule has 0 radical (unpaired) electrons. The van der Waals surface area contributed by atoms with Crippen LogP contribution in [0.25, 0.3) is 11.8 Å². The maximum Gasteiger partial charge on any atom is 0.0991 e. The third-order valence-corrected chi connectivity index (χ3v) is 6.88. The summed E-state index contributed by atoms with van der Waals surface area (Å²) in [7, 11) is 0. The van der Waals surface area contributed by atoms with E-state index in [-0.39, 0.29) is 5.41 Å². The van der Waals surface area contributed by atoms with Crippen LogP contribution in [0.4, 0.5) is 0 Å². The van der Waals surface area contributed by atoms with Crippen LogP contribution in [-0.2, 0) is 5.41 Å². The van der Waals surface area contributed by atoms with Crippen molar-refractivity contribution < 1.29 is 0 Å². The van der Waals surface area contributed by atoms with Gasteiger partial charge >= 0.3 is 0 Å². The zero-order valence-electron chi connectivity index (χ0n) is 17.6. The van der Waals surface area contributed by atoms with Crippen LogP contribution in [0.5, 0.6) is 0 Å². The molecule has 4 rings (SSSR count). The molecule has 2 aromatic carbocycles. The highest BCUT2D eigenvalue weighted by atomic mass is 15.2. The van der Waals surface area contributed by atoms with Crippen molar-refractivity contribution in [2.75, 3.05) is 13.1 Å². The van der Waals surface area contributed by atoms with Crippen LogP contribution in [0.15, 0.2) is 55.1 Å². The molecule has 1 aliphatic carbocycles. The second-order valence-corrected chi connectivity index (χ2v) is 8.84. The zero-order valence-corrected chi connectivity index (χ0v) is 17.6. The Labute approximate surface area is 175 Å². The van der Waals surface area contributed by atoms with Crippen molar-refractivity contribution in [2.45, 2.75) is 50.9 Å². The standard InChI is InChI=1S/C27H30N2/c1-4-6-24-17-23(11-14-26(24)22-7-5-8-22)20(2)29-16-15-27(3,19-29)25-12-9-21(18-28)10-13-25/h4,6,9-14,17,22H,2,5,7-8,15-16,19H2,1,3H3/b6-4+. The molecular weight excluding hydrogens is 352 g/mol. The van der Waals surface area contributed by atoms with Gasteiger partial charge in [-0.15, -0.1) is 0 Å². The molecule has 2 aromatic rings. The van der Waals surface area contributed by atoms with Crippen molar-refractivity contribution in [3.05, 3.63) is 82.9 Å². The van der Waals surface area contributed by atoms with Crippen molar-refractivity contribution in [2.24, 2.45) is 0 Å². The molecule has 1 saturated heterocycles. The Morgan fingerprint density at radius 2 is 1.97 bits per heavy atom. The van der Waals surface area contributed by atoms with E-state index in [0.29, 0.717) is 0 Å². The van der Waals surface area contributed by atoms with Gasteiger partial charge in [0, 0.05) is 24.2 Å². The van der Waals surface area contributed by atoms with Gasteiger partial charge in [-0.1, -0.05) is 56.3 Å². The molecule has 1 saturated carbocycles. The quantitative estimate of drug-likeness (QED) is 0.591. The molecule has 0 N–H and O–H groups in total. The normalized spacial score (nSPS) is 21.9. The Morgan fingerprint density at radius 1 is 1.21 bits per heavy atom. The van der Waals surface area contributed by atoms with Gasteiger partial charge in [0.05, 0.1) is 11.6 Å². The third kappa shape index (κ3) is 3.75. The number of likely N-dealkylation sites (tertiary alicyclic amines) is 1. The minimum absolute atomic E-state index is 0.0922. The molecule has 0 spiro atoms. The van der Waals surface area contributed by atoms with Crippen LogP contribution in [0.3, 0.4) is 0 Å². The Hall–Kier alpha value is -2.79. The van der Waals surface area contributed by atoms with E-state index < -0.39 is 0 Å². The van der Waals surface area contributed by atoms with E-state index in [2.05, 4.69) is 73.9 Å². The number of nitriles is 1. The summed E-state index contributed by atoms with van der Waals surface area (Å²) in [5.74, 6) is 0.731. The Bertz CT molecular complexity index is 973. The fraction of sp³-hybridized carbons (Fsp3) is 0.370. The maximum atomic E-state index is 9.06. The minimum Gasteiger partial charge on any atom is -0.371 e. The first-order chi connectivity index (χ1) is 14.0. The predicted molar refractivity (Wildman–Crippen MR) is 121 cm³/mol. The second kappa shape index (κ2) is 7.91. The van der Waals surface area contributed by atoms with Crippen molar-refractivity contribution in [1.29, 1.82) is 5.26 Å². The van der Waals surface area contributed by atoms with Crippen LogP contribution in [-0.4, -0.2) is 18.0 Å². The monoisotopic (exact) mass is 382 g/mol. The first-order valence-electron chi connectivity index (χ1n) is 10.8. The van der Waals surface area contributed by atoms with Crippen LogP contribution < -0.4 is 0 Å². The molecular formula is C27H30N2. The van der Waals surface area contributed by atoms with E-state index >= 15 is 0 Å². The summed E-state index contributed by atoms with van der Waals surface area (Å²) in [5, 5.41) is 9.06. The molecule has 1 unspecified atom stereocenters. The Balaban J connectivity index is 1.54. The summed E-state index contributed by atoms with van der Waals surface area (Å²) < 4.78 is 0. The molecule has 1 heterocycles. The third-order valence-electron chi connectivity index (χ3n) is 6.88. The summed E-state index contributed by atoms with van der Waals surface area (Å²) in [6.07, 6.45) is 9.48. The SMILES string of the molecule is C=C(c1ccc(C2CCC2)c(/C=C/C)c1)N1CCC(C)(c2ccc(C#N)cc2)C1. The average Bonchev–Trinajstić information content (AvgIpc) is 3.11. The number of hydrogen-bond acceptors (Lipinski definition) is 2. The predicted octanol–water partition coefficient (Wildman–Crippen LogP) is 6.49. The maximum absolute atomic E-state index is 9.06. The molecule has 2 aliphatic rings. The molecule has 2 heteroatoms. The molecule has 0 amide bonds. The van der Waals surface area contributed by atoms with Gasteiger partial charge < -0.3 is 4.90 Å². The van der Waals surface area contributed by atoms with Gasteiger partial charge in [-0.2, -0.15) is 5.26 Å². The fourth-order valence-corrected chi connectivity index (χ4v) is 4.73. The van der Waals surface area contributed by atoms with Gasteiger partial charge in [0.2, 0.25) is 0 Å². The van der Waals surface area contributed by atoms with Crippen molar-refractivity contribution in [1.82, 2.24) is 4.90 Å². The minimum atomic E-state index is 0.0922. The number of rotatable bonds is 5.